The van der Waals surface area contributed by atoms with Crippen molar-refractivity contribution in [3.63, 3.8) is 0 Å². The molecule has 0 spiro atoms. The number of aliphatic carboxylic acids is 2. The van der Waals surface area contributed by atoms with Crippen molar-refractivity contribution in [2.75, 3.05) is 13.1 Å². The van der Waals surface area contributed by atoms with Gasteiger partial charge in [0.2, 0.25) is 11.8 Å². The smallest absolute Gasteiger partial charge is 0.326 e. The van der Waals surface area contributed by atoms with Crippen LogP contribution in [-0.2, 0) is 19.2 Å². The van der Waals surface area contributed by atoms with E-state index >= 15 is 0 Å². The summed E-state index contributed by atoms with van der Waals surface area (Å²) in [6.45, 7) is 0.950. The molecule has 2 aliphatic heterocycles. The lowest BCUT2D eigenvalue weighted by Crippen LogP contribution is -2.40. The molecule has 2 heterocycles. The molecule has 0 aliphatic carbocycles. The summed E-state index contributed by atoms with van der Waals surface area (Å²) in [5.41, 5.74) is 0. The van der Waals surface area contributed by atoms with Gasteiger partial charge in [-0.2, -0.15) is 0 Å². The van der Waals surface area contributed by atoms with E-state index in [9.17, 15) is 19.2 Å². The molecular weight excluding hydrogens is 316 g/mol. The van der Waals surface area contributed by atoms with Gasteiger partial charge in [-0.3, -0.25) is 9.59 Å². The van der Waals surface area contributed by atoms with Crippen LogP contribution < -0.4 is 0 Å². The van der Waals surface area contributed by atoms with Crippen LogP contribution in [0.15, 0.2) is 0 Å². The third-order valence-electron chi connectivity index (χ3n) is 4.75. The Labute approximate surface area is 140 Å². The SMILES string of the molecule is O=C(O)C1CCCN1C(=O)CCCCC(=O)N1CCC[C@@H]1C(=O)O. The first kappa shape index (κ1) is 18.2. The molecule has 0 aromatic rings. The summed E-state index contributed by atoms with van der Waals surface area (Å²) in [6.07, 6.45) is 3.83. The highest BCUT2D eigenvalue weighted by molar-refractivity contribution is 5.85. The molecule has 0 aromatic heterocycles. The maximum absolute atomic E-state index is 12.1. The molecule has 0 saturated carbocycles. The Bertz CT molecular complexity index is 475. The standard InChI is InChI=1S/C16H24N2O6/c19-13(17-9-3-5-11(17)15(21)22)7-1-2-8-14(20)18-10-4-6-12(18)16(23)24/h11-12H,1-10H2,(H,21,22)(H,23,24)/t11-,12?/m1/s1. The number of carbonyl (C=O) groups excluding carboxylic acids is 2. The van der Waals surface area contributed by atoms with Crippen molar-refractivity contribution in [3.8, 4) is 0 Å². The second-order valence-electron chi connectivity index (χ2n) is 6.37. The van der Waals surface area contributed by atoms with E-state index in [2.05, 4.69) is 0 Å². The van der Waals surface area contributed by atoms with Gasteiger partial charge in [0.1, 0.15) is 12.1 Å². The summed E-state index contributed by atoms with van der Waals surface area (Å²) in [5.74, 6) is -2.30. The van der Waals surface area contributed by atoms with Gasteiger partial charge in [0, 0.05) is 25.9 Å². The highest BCUT2D eigenvalue weighted by atomic mass is 16.4. The third-order valence-corrected chi connectivity index (χ3v) is 4.75. The average Bonchev–Trinajstić information content (AvgIpc) is 3.19. The van der Waals surface area contributed by atoms with Crippen LogP contribution in [0.25, 0.3) is 0 Å². The lowest BCUT2D eigenvalue weighted by molar-refractivity contribution is -0.148. The minimum atomic E-state index is -0.968. The van der Waals surface area contributed by atoms with Crippen molar-refractivity contribution in [2.45, 2.75) is 63.5 Å². The quantitative estimate of drug-likeness (QED) is 0.659. The Balaban J connectivity index is 1.71. The fourth-order valence-electron chi connectivity index (χ4n) is 3.48. The second-order valence-corrected chi connectivity index (χ2v) is 6.37. The number of amides is 2. The zero-order valence-corrected chi connectivity index (χ0v) is 13.6. The predicted molar refractivity (Wildman–Crippen MR) is 83.2 cm³/mol. The minimum Gasteiger partial charge on any atom is -0.480 e. The van der Waals surface area contributed by atoms with Crippen molar-refractivity contribution < 1.29 is 29.4 Å². The molecule has 0 radical (unpaired) electrons. The van der Waals surface area contributed by atoms with Gasteiger partial charge >= 0.3 is 11.9 Å². The zero-order valence-electron chi connectivity index (χ0n) is 13.6. The molecule has 2 fully saturated rings. The van der Waals surface area contributed by atoms with E-state index in [0.717, 1.165) is 0 Å². The molecule has 2 amide bonds. The topological polar surface area (TPSA) is 115 Å². The van der Waals surface area contributed by atoms with Gasteiger partial charge < -0.3 is 20.0 Å². The van der Waals surface area contributed by atoms with Crippen LogP contribution in [0.2, 0.25) is 0 Å². The molecule has 2 atom stereocenters. The maximum atomic E-state index is 12.1. The number of hydrogen-bond acceptors (Lipinski definition) is 4. The van der Waals surface area contributed by atoms with Gasteiger partial charge in [-0.25, -0.2) is 9.59 Å². The number of carboxylic acids is 2. The summed E-state index contributed by atoms with van der Waals surface area (Å²) in [5, 5.41) is 18.2. The van der Waals surface area contributed by atoms with Crippen LogP contribution in [0, 0.1) is 0 Å². The molecule has 0 bridgehead atoms. The van der Waals surface area contributed by atoms with Crippen molar-refractivity contribution in [2.24, 2.45) is 0 Å². The van der Waals surface area contributed by atoms with E-state index < -0.39 is 24.0 Å². The summed E-state index contributed by atoms with van der Waals surface area (Å²) in [7, 11) is 0. The molecule has 2 aliphatic rings. The van der Waals surface area contributed by atoms with Crippen LogP contribution in [-0.4, -0.2) is 68.9 Å². The van der Waals surface area contributed by atoms with Crippen molar-refractivity contribution in [1.82, 2.24) is 9.80 Å². The Hall–Kier alpha value is -2.12. The summed E-state index contributed by atoms with van der Waals surface area (Å²) < 4.78 is 0. The molecular formula is C16H24N2O6. The Morgan fingerprint density at radius 1 is 0.750 bits per heavy atom. The molecule has 2 saturated heterocycles. The number of hydrogen-bond donors (Lipinski definition) is 2. The van der Waals surface area contributed by atoms with E-state index in [1.54, 1.807) is 0 Å². The van der Waals surface area contributed by atoms with Crippen LogP contribution >= 0.6 is 0 Å². The fourth-order valence-corrected chi connectivity index (χ4v) is 3.48. The van der Waals surface area contributed by atoms with Crippen LogP contribution in [0.4, 0.5) is 0 Å². The molecule has 2 N–H and O–H groups in total. The van der Waals surface area contributed by atoms with Gasteiger partial charge in [-0.1, -0.05) is 0 Å². The van der Waals surface area contributed by atoms with E-state index in [1.807, 2.05) is 0 Å². The van der Waals surface area contributed by atoms with Gasteiger partial charge in [0.15, 0.2) is 0 Å². The Morgan fingerprint density at radius 2 is 1.12 bits per heavy atom. The molecule has 8 nitrogen and oxygen atoms in total. The summed E-state index contributed by atoms with van der Waals surface area (Å²) in [4.78, 5) is 49.2. The van der Waals surface area contributed by atoms with E-state index in [4.69, 9.17) is 10.2 Å². The van der Waals surface area contributed by atoms with Gasteiger partial charge in [-0.05, 0) is 38.5 Å². The predicted octanol–water partition coefficient (Wildman–Crippen LogP) is 0.698. The first-order chi connectivity index (χ1) is 11.4. The third kappa shape index (κ3) is 4.24. The van der Waals surface area contributed by atoms with Gasteiger partial charge in [-0.15, -0.1) is 0 Å². The number of likely N-dealkylation sites (tertiary alicyclic amines) is 2. The number of nitrogens with zero attached hydrogens (tertiary/aromatic N) is 2. The fraction of sp³-hybridized carbons (Fsp3) is 0.750. The van der Waals surface area contributed by atoms with Gasteiger partial charge in [0.25, 0.3) is 0 Å². The molecule has 1 unspecified atom stereocenters. The summed E-state index contributed by atoms with van der Waals surface area (Å²) in [6, 6.07) is -1.44. The largest absolute Gasteiger partial charge is 0.480 e. The highest BCUT2D eigenvalue weighted by Crippen LogP contribution is 2.21. The number of rotatable bonds is 7. The average molecular weight is 340 g/mol. The Kier molecular flexibility index (Phi) is 6.16. The molecule has 134 valence electrons. The van der Waals surface area contributed by atoms with Crippen LogP contribution in [0.3, 0.4) is 0 Å². The Morgan fingerprint density at radius 3 is 1.46 bits per heavy atom. The van der Waals surface area contributed by atoms with Crippen LogP contribution in [0.5, 0.6) is 0 Å². The molecule has 24 heavy (non-hydrogen) atoms. The van der Waals surface area contributed by atoms with Gasteiger partial charge in [0.05, 0.1) is 0 Å². The molecule has 8 heteroatoms. The highest BCUT2D eigenvalue weighted by Gasteiger charge is 2.34. The van der Waals surface area contributed by atoms with E-state index in [0.29, 0.717) is 51.6 Å². The minimum absolute atomic E-state index is 0.183. The number of carbonyl (C=O) groups is 4. The summed E-state index contributed by atoms with van der Waals surface area (Å²) >= 11 is 0. The maximum Gasteiger partial charge on any atom is 0.326 e. The lowest BCUT2D eigenvalue weighted by atomic mass is 10.1. The first-order valence-electron chi connectivity index (χ1n) is 8.46. The lowest BCUT2D eigenvalue weighted by Gasteiger charge is -2.22. The monoisotopic (exact) mass is 340 g/mol. The number of unbranched alkanes of at least 4 members (excludes halogenated alkanes) is 1. The van der Waals surface area contributed by atoms with E-state index in [-0.39, 0.29) is 24.7 Å². The number of carboxylic acid groups (broad SMARTS) is 2. The van der Waals surface area contributed by atoms with Crippen LogP contribution in [0.1, 0.15) is 51.4 Å². The first-order valence-corrected chi connectivity index (χ1v) is 8.46. The normalized spacial score (nSPS) is 23.5. The van der Waals surface area contributed by atoms with Crippen molar-refractivity contribution >= 4 is 23.8 Å². The zero-order chi connectivity index (χ0) is 17.7. The second kappa shape index (κ2) is 8.12. The van der Waals surface area contributed by atoms with E-state index in [1.165, 1.54) is 9.80 Å². The van der Waals surface area contributed by atoms with Crippen molar-refractivity contribution in [3.05, 3.63) is 0 Å². The van der Waals surface area contributed by atoms with Crippen molar-refractivity contribution in [1.29, 1.82) is 0 Å². The molecule has 2 rings (SSSR count). The molecule has 0 aromatic carbocycles.